The number of rotatable bonds is 5. The van der Waals surface area contributed by atoms with Crippen molar-refractivity contribution in [1.82, 2.24) is 0 Å². The van der Waals surface area contributed by atoms with E-state index in [0.717, 1.165) is 17.1 Å². The smallest absolute Gasteiger partial charge is 0.125 e. The summed E-state index contributed by atoms with van der Waals surface area (Å²) in [6.45, 7) is 0.343. The van der Waals surface area contributed by atoms with Crippen molar-refractivity contribution in [2.75, 3.05) is 14.2 Å². The maximum Gasteiger partial charge on any atom is 0.125 e. The average molecular weight is 269 g/mol. The van der Waals surface area contributed by atoms with Gasteiger partial charge >= 0.3 is 0 Å². The SMILES string of the molecule is COc1ccc(OC)c(COc2cccc(C#N)c2)c1. The van der Waals surface area contributed by atoms with Crippen LogP contribution in [0, 0.1) is 11.3 Å². The van der Waals surface area contributed by atoms with Crippen LogP contribution in [0.3, 0.4) is 0 Å². The van der Waals surface area contributed by atoms with Gasteiger partial charge in [0.1, 0.15) is 23.9 Å². The fourth-order valence-corrected chi connectivity index (χ4v) is 1.81. The third-order valence-corrected chi connectivity index (χ3v) is 2.85. The topological polar surface area (TPSA) is 51.5 Å². The van der Waals surface area contributed by atoms with Crippen molar-refractivity contribution in [2.45, 2.75) is 6.61 Å². The molecule has 0 bridgehead atoms. The third kappa shape index (κ3) is 3.21. The molecular formula is C16H15NO3. The van der Waals surface area contributed by atoms with Crippen molar-refractivity contribution >= 4 is 0 Å². The second-order valence-corrected chi connectivity index (χ2v) is 4.11. The van der Waals surface area contributed by atoms with E-state index in [1.807, 2.05) is 24.3 Å². The lowest BCUT2D eigenvalue weighted by molar-refractivity contribution is 0.295. The zero-order valence-electron chi connectivity index (χ0n) is 11.4. The van der Waals surface area contributed by atoms with Crippen LogP contribution in [-0.2, 0) is 6.61 Å². The highest BCUT2D eigenvalue weighted by Gasteiger charge is 2.06. The van der Waals surface area contributed by atoms with Gasteiger partial charge in [-0.2, -0.15) is 5.26 Å². The third-order valence-electron chi connectivity index (χ3n) is 2.85. The second-order valence-electron chi connectivity index (χ2n) is 4.11. The molecule has 0 aliphatic rings. The van der Waals surface area contributed by atoms with Gasteiger partial charge in [-0.1, -0.05) is 6.07 Å². The van der Waals surface area contributed by atoms with Gasteiger partial charge in [0.05, 0.1) is 25.9 Å². The van der Waals surface area contributed by atoms with Gasteiger partial charge in [0.15, 0.2) is 0 Å². The minimum Gasteiger partial charge on any atom is -0.497 e. The molecule has 0 heterocycles. The molecule has 2 aromatic carbocycles. The van der Waals surface area contributed by atoms with Crippen LogP contribution in [0.2, 0.25) is 0 Å². The van der Waals surface area contributed by atoms with Gasteiger partial charge in [-0.25, -0.2) is 0 Å². The number of benzene rings is 2. The zero-order valence-corrected chi connectivity index (χ0v) is 11.4. The summed E-state index contributed by atoms with van der Waals surface area (Å²) >= 11 is 0. The van der Waals surface area contributed by atoms with Crippen molar-refractivity contribution in [3.63, 3.8) is 0 Å². The largest absolute Gasteiger partial charge is 0.497 e. The molecule has 0 spiro atoms. The summed E-state index contributed by atoms with van der Waals surface area (Å²) in [4.78, 5) is 0. The summed E-state index contributed by atoms with van der Waals surface area (Å²) in [6, 6.07) is 14.7. The van der Waals surface area contributed by atoms with Crippen molar-refractivity contribution in [3.05, 3.63) is 53.6 Å². The van der Waals surface area contributed by atoms with Crippen molar-refractivity contribution in [3.8, 4) is 23.3 Å². The summed E-state index contributed by atoms with van der Waals surface area (Å²) < 4.78 is 16.2. The van der Waals surface area contributed by atoms with Gasteiger partial charge in [-0.15, -0.1) is 0 Å². The quantitative estimate of drug-likeness (QED) is 0.836. The molecule has 4 nitrogen and oxygen atoms in total. The normalized spacial score (nSPS) is 9.65. The fourth-order valence-electron chi connectivity index (χ4n) is 1.81. The Morgan fingerprint density at radius 2 is 1.85 bits per heavy atom. The van der Waals surface area contributed by atoms with Crippen LogP contribution in [0.4, 0.5) is 0 Å². The molecule has 0 N–H and O–H groups in total. The Labute approximate surface area is 118 Å². The first-order valence-electron chi connectivity index (χ1n) is 6.10. The number of ether oxygens (including phenoxy) is 3. The Kier molecular flexibility index (Phi) is 4.46. The van der Waals surface area contributed by atoms with Crippen LogP contribution in [0.15, 0.2) is 42.5 Å². The van der Waals surface area contributed by atoms with Gasteiger partial charge in [-0.05, 0) is 36.4 Å². The molecule has 0 amide bonds. The molecule has 0 aliphatic heterocycles. The summed E-state index contributed by atoms with van der Waals surface area (Å²) in [6.07, 6.45) is 0. The molecule has 20 heavy (non-hydrogen) atoms. The van der Waals surface area contributed by atoms with E-state index in [-0.39, 0.29) is 0 Å². The van der Waals surface area contributed by atoms with E-state index in [9.17, 15) is 0 Å². The van der Waals surface area contributed by atoms with Crippen LogP contribution in [0.25, 0.3) is 0 Å². The predicted octanol–water partition coefficient (Wildman–Crippen LogP) is 3.15. The van der Waals surface area contributed by atoms with Crippen molar-refractivity contribution < 1.29 is 14.2 Å². The maximum absolute atomic E-state index is 8.86. The minimum absolute atomic E-state index is 0.343. The van der Waals surface area contributed by atoms with Crippen molar-refractivity contribution in [1.29, 1.82) is 5.26 Å². The molecule has 0 aliphatic carbocycles. The molecule has 0 atom stereocenters. The Bertz CT molecular complexity index is 632. The van der Waals surface area contributed by atoms with Gasteiger partial charge in [0, 0.05) is 5.56 Å². The average Bonchev–Trinajstić information content (AvgIpc) is 2.52. The standard InChI is InChI=1S/C16H15NO3/c1-18-14-6-7-16(19-2)13(9-14)11-20-15-5-3-4-12(8-15)10-17/h3-9H,11H2,1-2H3. The van der Waals surface area contributed by atoms with Gasteiger partial charge < -0.3 is 14.2 Å². The molecule has 0 saturated heterocycles. The molecular weight excluding hydrogens is 254 g/mol. The predicted molar refractivity (Wildman–Crippen MR) is 75.0 cm³/mol. The Balaban J connectivity index is 2.15. The first-order valence-corrected chi connectivity index (χ1v) is 6.10. The van der Waals surface area contributed by atoms with E-state index < -0.39 is 0 Å². The molecule has 0 unspecified atom stereocenters. The highest BCUT2D eigenvalue weighted by Crippen LogP contribution is 2.25. The molecule has 0 fully saturated rings. The molecule has 0 radical (unpaired) electrons. The summed E-state index contributed by atoms with van der Waals surface area (Å²) in [7, 11) is 3.23. The van der Waals surface area contributed by atoms with Gasteiger partial charge in [-0.3, -0.25) is 0 Å². The maximum atomic E-state index is 8.86. The van der Waals surface area contributed by atoms with Crippen LogP contribution in [0.5, 0.6) is 17.2 Å². The first kappa shape index (κ1) is 13.8. The van der Waals surface area contributed by atoms with E-state index in [1.54, 1.807) is 32.4 Å². The van der Waals surface area contributed by atoms with E-state index >= 15 is 0 Å². The highest BCUT2D eigenvalue weighted by atomic mass is 16.5. The van der Waals surface area contributed by atoms with E-state index in [4.69, 9.17) is 19.5 Å². The number of nitriles is 1. The van der Waals surface area contributed by atoms with Crippen LogP contribution < -0.4 is 14.2 Å². The summed E-state index contributed by atoms with van der Waals surface area (Å²) in [5.41, 5.74) is 1.45. The first-order chi connectivity index (χ1) is 9.76. The van der Waals surface area contributed by atoms with E-state index in [1.165, 1.54) is 0 Å². The van der Waals surface area contributed by atoms with Crippen LogP contribution in [-0.4, -0.2) is 14.2 Å². The molecule has 0 aromatic heterocycles. The zero-order chi connectivity index (χ0) is 14.4. The van der Waals surface area contributed by atoms with Gasteiger partial charge in [0.25, 0.3) is 0 Å². The molecule has 2 rings (SSSR count). The van der Waals surface area contributed by atoms with E-state index in [2.05, 4.69) is 6.07 Å². The molecule has 0 saturated carbocycles. The van der Waals surface area contributed by atoms with Gasteiger partial charge in [0.2, 0.25) is 0 Å². The van der Waals surface area contributed by atoms with Crippen LogP contribution >= 0.6 is 0 Å². The minimum atomic E-state index is 0.343. The summed E-state index contributed by atoms with van der Waals surface area (Å²) in [5, 5.41) is 8.86. The molecule has 2 aromatic rings. The highest BCUT2D eigenvalue weighted by molar-refractivity contribution is 5.41. The van der Waals surface area contributed by atoms with Crippen molar-refractivity contribution in [2.24, 2.45) is 0 Å². The van der Waals surface area contributed by atoms with E-state index in [0.29, 0.717) is 17.9 Å². The Hall–Kier alpha value is -2.67. The second kappa shape index (κ2) is 6.48. The number of hydrogen-bond acceptors (Lipinski definition) is 4. The fraction of sp³-hybridized carbons (Fsp3) is 0.188. The monoisotopic (exact) mass is 269 g/mol. The lowest BCUT2D eigenvalue weighted by atomic mass is 10.2. The Morgan fingerprint density at radius 3 is 2.55 bits per heavy atom. The number of hydrogen-bond donors (Lipinski definition) is 0. The lowest BCUT2D eigenvalue weighted by Crippen LogP contribution is -1.99. The number of nitrogens with zero attached hydrogens (tertiary/aromatic N) is 1. The number of methoxy groups -OCH3 is 2. The van der Waals surface area contributed by atoms with Crippen LogP contribution in [0.1, 0.15) is 11.1 Å². The summed E-state index contributed by atoms with van der Waals surface area (Å²) in [5.74, 6) is 2.13. The molecule has 102 valence electrons. The Morgan fingerprint density at radius 1 is 1.00 bits per heavy atom. The molecule has 4 heteroatoms. The lowest BCUT2D eigenvalue weighted by Gasteiger charge is -2.11.